The molecular weight excluding hydrogens is 162 g/mol. The highest BCUT2D eigenvalue weighted by atomic mass is 32.2. The molecule has 0 aliphatic rings. The summed E-state index contributed by atoms with van der Waals surface area (Å²) >= 11 is 0. The van der Waals surface area contributed by atoms with Gasteiger partial charge in [-0.1, -0.05) is 13.8 Å². The fourth-order valence-corrected chi connectivity index (χ4v) is 2.69. The Morgan fingerprint density at radius 1 is 1.45 bits per heavy atom. The summed E-state index contributed by atoms with van der Waals surface area (Å²) in [5, 5.41) is 0. The molecule has 0 aliphatic carbocycles. The lowest BCUT2D eigenvalue weighted by Gasteiger charge is -2.07. The van der Waals surface area contributed by atoms with Crippen LogP contribution in [0.4, 0.5) is 0 Å². The van der Waals surface area contributed by atoms with E-state index in [0.717, 1.165) is 0 Å². The number of hydrogen-bond acceptors (Lipinski definition) is 3. The maximum absolute atomic E-state index is 11.1. The highest BCUT2D eigenvalue weighted by Gasteiger charge is 2.12. The van der Waals surface area contributed by atoms with Crippen LogP contribution in [0.3, 0.4) is 0 Å². The Labute approximate surface area is 68.9 Å². The van der Waals surface area contributed by atoms with Crippen molar-refractivity contribution in [2.75, 3.05) is 18.1 Å². The largest absolute Gasteiger partial charge is 0.330 e. The minimum absolute atomic E-state index is 0.0894. The third-order valence-corrected chi connectivity index (χ3v) is 3.56. The van der Waals surface area contributed by atoms with E-state index in [4.69, 9.17) is 5.73 Å². The maximum Gasteiger partial charge on any atom is 0.150 e. The molecule has 0 fully saturated rings. The molecule has 0 rings (SSSR count). The molecule has 0 heterocycles. The van der Waals surface area contributed by atoms with Crippen LogP contribution in [0.5, 0.6) is 0 Å². The van der Waals surface area contributed by atoms with Crippen molar-refractivity contribution in [3.8, 4) is 0 Å². The van der Waals surface area contributed by atoms with Crippen LogP contribution in [-0.2, 0) is 9.84 Å². The van der Waals surface area contributed by atoms with Crippen LogP contribution < -0.4 is 5.73 Å². The SMILES string of the molecule is CCCS(=O)(=O)CC(C)CN. The van der Waals surface area contributed by atoms with Crippen molar-refractivity contribution in [1.82, 2.24) is 0 Å². The van der Waals surface area contributed by atoms with E-state index < -0.39 is 9.84 Å². The van der Waals surface area contributed by atoms with Crippen LogP contribution in [0.1, 0.15) is 20.3 Å². The monoisotopic (exact) mass is 179 g/mol. The van der Waals surface area contributed by atoms with Crippen molar-refractivity contribution < 1.29 is 8.42 Å². The lowest BCUT2D eigenvalue weighted by Crippen LogP contribution is -2.22. The Balaban J connectivity index is 3.92. The predicted molar refractivity (Wildman–Crippen MR) is 47.2 cm³/mol. The van der Waals surface area contributed by atoms with E-state index in [1.165, 1.54) is 0 Å². The first kappa shape index (κ1) is 10.9. The number of rotatable bonds is 5. The molecule has 0 spiro atoms. The zero-order valence-corrected chi connectivity index (χ0v) is 8.02. The van der Waals surface area contributed by atoms with Crippen molar-refractivity contribution >= 4 is 9.84 Å². The Morgan fingerprint density at radius 2 is 2.00 bits per heavy atom. The van der Waals surface area contributed by atoms with Crippen molar-refractivity contribution in [2.45, 2.75) is 20.3 Å². The molecule has 1 atom stereocenters. The van der Waals surface area contributed by atoms with Gasteiger partial charge in [-0.05, 0) is 18.9 Å². The van der Waals surface area contributed by atoms with Crippen LogP contribution in [-0.4, -0.2) is 26.5 Å². The van der Waals surface area contributed by atoms with Gasteiger partial charge in [0, 0.05) is 5.75 Å². The molecule has 0 aromatic heterocycles. The topological polar surface area (TPSA) is 60.2 Å². The molecule has 0 amide bonds. The summed E-state index contributed by atoms with van der Waals surface area (Å²) in [6.45, 7) is 4.17. The summed E-state index contributed by atoms with van der Waals surface area (Å²) in [7, 11) is -2.82. The smallest absolute Gasteiger partial charge is 0.150 e. The van der Waals surface area contributed by atoms with Gasteiger partial charge in [-0.15, -0.1) is 0 Å². The van der Waals surface area contributed by atoms with E-state index in [2.05, 4.69) is 0 Å². The second kappa shape index (κ2) is 4.72. The minimum Gasteiger partial charge on any atom is -0.330 e. The lowest BCUT2D eigenvalue weighted by atomic mass is 10.2. The van der Waals surface area contributed by atoms with Gasteiger partial charge in [-0.25, -0.2) is 8.42 Å². The zero-order valence-electron chi connectivity index (χ0n) is 7.21. The van der Waals surface area contributed by atoms with E-state index in [-0.39, 0.29) is 17.4 Å². The van der Waals surface area contributed by atoms with Crippen LogP contribution in [0.2, 0.25) is 0 Å². The Morgan fingerprint density at radius 3 is 2.36 bits per heavy atom. The summed E-state index contributed by atoms with van der Waals surface area (Å²) in [5.41, 5.74) is 5.31. The zero-order chi connectivity index (χ0) is 8.91. The minimum atomic E-state index is -2.82. The molecule has 68 valence electrons. The first-order chi connectivity index (χ1) is 5.02. The molecular formula is C7H17NO2S. The summed E-state index contributed by atoms with van der Waals surface area (Å²) in [4.78, 5) is 0. The third kappa shape index (κ3) is 5.21. The number of sulfone groups is 1. The van der Waals surface area contributed by atoms with Crippen LogP contribution in [0.25, 0.3) is 0 Å². The first-order valence-electron chi connectivity index (χ1n) is 3.92. The average Bonchev–Trinajstić information content (AvgIpc) is 1.86. The van der Waals surface area contributed by atoms with Gasteiger partial charge in [-0.2, -0.15) is 0 Å². The molecule has 0 aromatic carbocycles. The van der Waals surface area contributed by atoms with Crippen LogP contribution >= 0.6 is 0 Å². The van der Waals surface area contributed by atoms with E-state index in [9.17, 15) is 8.42 Å². The molecule has 11 heavy (non-hydrogen) atoms. The second-order valence-electron chi connectivity index (χ2n) is 2.96. The van der Waals surface area contributed by atoms with Gasteiger partial charge in [0.25, 0.3) is 0 Å². The second-order valence-corrected chi connectivity index (χ2v) is 5.18. The summed E-state index contributed by atoms with van der Waals surface area (Å²) in [6, 6.07) is 0. The number of hydrogen-bond donors (Lipinski definition) is 1. The average molecular weight is 179 g/mol. The molecule has 0 saturated heterocycles. The molecule has 4 heteroatoms. The van der Waals surface area contributed by atoms with Crippen molar-refractivity contribution in [3.63, 3.8) is 0 Å². The molecule has 0 saturated carbocycles. The van der Waals surface area contributed by atoms with Gasteiger partial charge in [0.15, 0.2) is 9.84 Å². The molecule has 0 bridgehead atoms. The Bertz CT molecular complexity index is 187. The third-order valence-electron chi connectivity index (χ3n) is 1.46. The predicted octanol–water partition coefficient (Wildman–Crippen LogP) is 0.406. The molecule has 0 radical (unpaired) electrons. The maximum atomic E-state index is 11.1. The Hall–Kier alpha value is -0.0900. The van der Waals surface area contributed by atoms with Crippen LogP contribution in [0.15, 0.2) is 0 Å². The van der Waals surface area contributed by atoms with Gasteiger partial charge in [-0.3, -0.25) is 0 Å². The van der Waals surface area contributed by atoms with Crippen molar-refractivity contribution in [3.05, 3.63) is 0 Å². The van der Waals surface area contributed by atoms with Gasteiger partial charge in [0.1, 0.15) is 0 Å². The lowest BCUT2D eigenvalue weighted by molar-refractivity contribution is 0.572. The molecule has 0 aromatic rings. The fraction of sp³-hybridized carbons (Fsp3) is 1.00. The van der Waals surface area contributed by atoms with Gasteiger partial charge in [0.05, 0.1) is 5.75 Å². The summed E-state index contributed by atoms with van der Waals surface area (Å²) < 4.78 is 22.3. The van der Waals surface area contributed by atoms with Gasteiger partial charge in [0.2, 0.25) is 0 Å². The molecule has 0 aliphatic heterocycles. The highest BCUT2D eigenvalue weighted by Crippen LogP contribution is 2.01. The Kier molecular flexibility index (Phi) is 4.68. The first-order valence-corrected chi connectivity index (χ1v) is 5.74. The summed E-state index contributed by atoms with van der Waals surface area (Å²) in [6.07, 6.45) is 0.694. The van der Waals surface area contributed by atoms with Crippen LogP contribution in [0, 0.1) is 5.92 Å². The van der Waals surface area contributed by atoms with E-state index >= 15 is 0 Å². The van der Waals surface area contributed by atoms with E-state index in [0.29, 0.717) is 13.0 Å². The van der Waals surface area contributed by atoms with Crippen molar-refractivity contribution in [2.24, 2.45) is 11.7 Å². The fourth-order valence-electron chi connectivity index (χ4n) is 0.896. The van der Waals surface area contributed by atoms with Gasteiger partial charge < -0.3 is 5.73 Å². The standard InChI is InChI=1S/C7H17NO2S/c1-3-4-11(9,10)6-7(2)5-8/h7H,3-6,8H2,1-2H3. The molecule has 1 unspecified atom stereocenters. The quantitative estimate of drug-likeness (QED) is 0.665. The van der Waals surface area contributed by atoms with E-state index in [1.54, 1.807) is 0 Å². The summed E-state index contributed by atoms with van der Waals surface area (Å²) in [5.74, 6) is 0.612. The number of nitrogens with two attached hydrogens (primary N) is 1. The molecule has 3 nitrogen and oxygen atoms in total. The van der Waals surface area contributed by atoms with Gasteiger partial charge >= 0.3 is 0 Å². The van der Waals surface area contributed by atoms with Crippen molar-refractivity contribution in [1.29, 1.82) is 0 Å². The normalized spacial score (nSPS) is 14.8. The highest BCUT2D eigenvalue weighted by molar-refractivity contribution is 7.91. The molecule has 2 N–H and O–H groups in total. The van der Waals surface area contributed by atoms with E-state index in [1.807, 2.05) is 13.8 Å².